The third kappa shape index (κ3) is 6.97. The first-order chi connectivity index (χ1) is 16.5. The van der Waals surface area contributed by atoms with Gasteiger partial charge in [0.2, 0.25) is 0 Å². The molecular weight excluding hydrogens is 446 g/mol. The van der Waals surface area contributed by atoms with Crippen LogP contribution in [0.5, 0.6) is 0 Å². The average molecular weight is 486 g/mol. The first kappa shape index (κ1) is 25.0. The number of sulfone groups is 1. The minimum atomic E-state index is -3.54. The predicted molar refractivity (Wildman–Crippen MR) is 135 cm³/mol. The lowest BCUT2D eigenvalue weighted by atomic mass is 10.0. The van der Waals surface area contributed by atoms with E-state index in [2.05, 4.69) is 49.9 Å². The third-order valence-electron chi connectivity index (χ3n) is 7.38. The van der Waals surface area contributed by atoms with Crippen molar-refractivity contribution in [1.29, 1.82) is 5.26 Å². The molecule has 0 spiro atoms. The second-order valence-electron chi connectivity index (χ2n) is 9.87. The van der Waals surface area contributed by atoms with E-state index in [0.717, 1.165) is 70.9 Å². The fourth-order valence-corrected chi connectivity index (χ4v) is 6.44. The fraction of sp³-hybridized carbons (Fsp3) is 0.654. The van der Waals surface area contributed by atoms with Crippen molar-refractivity contribution in [2.24, 2.45) is 0 Å². The quantitative estimate of drug-likeness (QED) is 0.533. The Hall–Kier alpha value is -2.08. The number of nitrogens with zero attached hydrogens (tertiary/aromatic N) is 5. The van der Waals surface area contributed by atoms with Gasteiger partial charge in [0.15, 0.2) is 9.84 Å². The summed E-state index contributed by atoms with van der Waals surface area (Å²) in [6, 6.07) is 12.8. The monoisotopic (exact) mass is 485 g/mol. The van der Waals surface area contributed by atoms with Crippen LogP contribution in [0.1, 0.15) is 44.1 Å². The standard InChI is InChI=1S/C26H39N5O2S/c27-12-21-34(32,33)23-26-30(16-7-15-28-13-5-2-6-14-28)19-20-31(26)25-10-17-29(18-11-25)22-24-8-3-1-4-9-24/h1,3-4,8-9,23,25H,2,5-7,10-11,13-22H2. The largest absolute Gasteiger partial charge is 0.356 e. The molecule has 3 fully saturated rings. The summed E-state index contributed by atoms with van der Waals surface area (Å²) >= 11 is 0. The molecule has 3 saturated heterocycles. The number of hydrogen-bond acceptors (Lipinski definition) is 7. The maximum atomic E-state index is 12.6. The Morgan fingerprint density at radius 3 is 2.35 bits per heavy atom. The molecule has 0 radical (unpaired) electrons. The van der Waals surface area contributed by atoms with E-state index < -0.39 is 15.6 Å². The fourth-order valence-electron chi connectivity index (χ4n) is 5.57. The van der Waals surface area contributed by atoms with E-state index >= 15 is 0 Å². The van der Waals surface area contributed by atoms with Crippen LogP contribution in [0.3, 0.4) is 0 Å². The lowest BCUT2D eigenvalue weighted by Crippen LogP contribution is -2.43. The number of benzene rings is 1. The lowest BCUT2D eigenvalue weighted by molar-refractivity contribution is 0.133. The summed E-state index contributed by atoms with van der Waals surface area (Å²) in [4.78, 5) is 9.59. The molecule has 0 bridgehead atoms. The van der Waals surface area contributed by atoms with Crippen LogP contribution in [0, 0.1) is 11.3 Å². The minimum absolute atomic E-state index is 0.350. The van der Waals surface area contributed by atoms with Crippen LogP contribution < -0.4 is 0 Å². The molecule has 1 aromatic rings. The van der Waals surface area contributed by atoms with Crippen molar-refractivity contribution >= 4 is 9.84 Å². The first-order valence-corrected chi connectivity index (χ1v) is 14.6. The summed E-state index contributed by atoms with van der Waals surface area (Å²) in [6.45, 7) is 9.04. The maximum absolute atomic E-state index is 12.6. The average Bonchev–Trinajstić information content (AvgIpc) is 3.22. The van der Waals surface area contributed by atoms with Crippen LogP contribution in [-0.4, -0.2) is 92.2 Å². The predicted octanol–water partition coefficient (Wildman–Crippen LogP) is 2.88. The van der Waals surface area contributed by atoms with Gasteiger partial charge in [-0.15, -0.1) is 0 Å². The number of nitriles is 1. The van der Waals surface area contributed by atoms with Crippen molar-refractivity contribution in [2.75, 3.05) is 58.1 Å². The Morgan fingerprint density at radius 2 is 1.65 bits per heavy atom. The van der Waals surface area contributed by atoms with Crippen molar-refractivity contribution in [2.45, 2.75) is 51.1 Å². The van der Waals surface area contributed by atoms with Crippen LogP contribution in [0.4, 0.5) is 0 Å². The van der Waals surface area contributed by atoms with Crippen LogP contribution >= 0.6 is 0 Å². The highest BCUT2D eigenvalue weighted by molar-refractivity contribution is 7.94. The van der Waals surface area contributed by atoms with Gasteiger partial charge in [0.05, 0.1) is 11.5 Å². The van der Waals surface area contributed by atoms with Gasteiger partial charge in [-0.3, -0.25) is 4.90 Å². The molecule has 3 heterocycles. The van der Waals surface area contributed by atoms with Crippen LogP contribution in [0.2, 0.25) is 0 Å². The molecule has 0 unspecified atom stereocenters. The van der Waals surface area contributed by atoms with Crippen molar-refractivity contribution in [1.82, 2.24) is 19.6 Å². The highest BCUT2D eigenvalue weighted by Crippen LogP contribution is 2.28. The van der Waals surface area contributed by atoms with Gasteiger partial charge in [-0.05, 0) is 57.3 Å². The zero-order chi connectivity index (χ0) is 23.8. The molecule has 0 aliphatic carbocycles. The molecule has 8 heteroatoms. The normalized spacial score (nSPS) is 22.4. The molecule has 4 rings (SSSR count). The van der Waals surface area contributed by atoms with Gasteiger partial charge in [-0.25, -0.2) is 8.42 Å². The van der Waals surface area contributed by atoms with Crippen LogP contribution in [-0.2, 0) is 16.4 Å². The van der Waals surface area contributed by atoms with Gasteiger partial charge in [0, 0.05) is 45.3 Å². The zero-order valence-electron chi connectivity index (χ0n) is 20.3. The van der Waals surface area contributed by atoms with Crippen molar-refractivity contribution in [3.05, 3.63) is 47.1 Å². The highest BCUT2D eigenvalue weighted by Gasteiger charge is 2.33. The smallest absolute Gasteiger partial charge is 0.188 e. The van der Waals surface area contributed by atoms with Gasteiger partial charge in [-0.1, -0.05) is 36.8 Å². The number of rotatable bonds is 9. The van der Waals surface area contributed by atoms with E-state index in [-0.39, 0.29) is 0 Å². The zero-order valence-corrected chi connectivity index (χ0v) is 21.1. The number of piperidine rings is 2. The van der Waals surface area contributed by atoms with Crippen molar-refractivity contribution in [3.63, 3.8) is 0 Å². The van der Waals surface area contributed by atoms with Crippen molar-refractivity contribution in [3.8, 4) is 6.07 Å². The summed E-state index contributed by atoms with van der Waals surface area (Å²) in [7, 11) is -3.54. The summed E-state index contributed by atoms with van der Waals surface area (Å²) < 4.78 is 25.1. The Labute approximate surface area is 205 Å². The minimum Gasteiger partial charge on any atom is -0.356 e. The van der Waals surface area contributed by atoms with E-state index in [1.165, 1.54) is 43.3 Å². The molecule has 0 atom stereocenters. The highest BCUT2D eigenvalue weighted by atomic mass is 32.2. The summed E-state index contributed by atoms with van der Waals surface area (Å²) in [5.41, 5.74) is 1.34. The Balaban J connectivity index is 1.37. The molecule has 3 aliphatic heterocycles. The maximum Gasteiger partial charge on any atom is 0.188 e. The Bertz CT molecular complexity index is 945. The van der Waals surface area contributed by atoms with Crippen LogP contribution in [0.25, 0.3) is 0 Å². The summed E-state index contributed by atoms with van der Waals surface area (Å²) in [6.07, 6.45) is 7.02. The van der Waals surface area contributed by atoms with Crippen LogP contribution in [0.15, 0.2) is 41.6 Å². The molecule has 34 heavy (non-hydrogen) atoms. The topological polar surface area (TPSA) is 70.9 Å². The molecule has 186 valence electrons. The second kappa shape index (κ2) is 12.1. The third-order valence-corrected chi connectivity index (χ3v) is 8.48. The molecule has 3 aliphatic rings. The second-order valence-corrected chi connectivity index (χ2v) is 11.7. The molecule has 1 aromatic carbocycles. The van der Waals surface area contributed by atoms with Gasteiger partial charge >= 0.3 is 0 Å². The molecule has 0 saturated carbocycles. The molecule has 0 N–H and O–H groups in total. The van der Waals surface area contributed by atoms with E-state index in [4.69, 9.17) is 5.26 Å². The number of hydrogen-bond donors (Lipinski definition) is 0. The van der Waals surface area contributed by atoms with Gasteiger partial charge in [0.1, 0.15) is 11.6 Å². The molecule has 0 aromatic heterocycles. The van der Waals surface area contributed by atoms with Gasteiger partial charge < -0.3 is 14.7 Å². The van der Waals surface area contributed by atoms with E-state index in [1.54, 1.807) is 0 Å². The van der Waals surface area contributed by atoms with Crippen molar-refractivity contribution < 1.29 is 8.42 Å². The Kier molecular flexibility index (Phi) is 8.87. The van der Waals surface area contributed by atoms with E-state index in [1.807, 2.05) is 6.07 Å². The summed E-state index contributed by atoms with van der Waals surface area (Å²) in [5.74, 6) is 0.358. The molecule has 7 nitrogen and oxygen atoms in total. The van der Waals surface area contributed by atoms with Gasteiger partial charge in [0.25, 0.3) is 0 Å². The summed E-state index contributed by atoms with van der Waals surface area (Å²) in [5, 5.41) is 10.4. The molecular formula is C26H39N5O2S. The Morgan fingerprint density at radius 1 is 0.912 bits per heavy atom. The number of likely N-dealkylation sites (tertiary alicyclic amines) is 2. The van der Waals surface area contributed by atoms with E-state index in [0.29, 0.717) is 6.04 Å². The molecule has 0 amide bonds. The first-order valence-electron chi connectivity index (χ1n) is 12.9. The SMILES string of the molecule is N#CCS(=O)(=O)C=C1N(CCCN2CCCCC2)CCN1C1CCN(Cc2ccccc2)CC1. The lowest BCUT2D eigenvalue weighted by Gasteiger charge is -2.38. The van der Waals surface area contributed by atoms with Gasteiger partial charge in [-0.2, -0.15) is 5.26 Å². The van der Waals surface area contributed by atoms with E-state index in [9.17, 15) is 8.42 Å².